The first kappa shape index (κ1) is 33.0. The summed E-state index contributed by atoms with van der Waals surface area (Å²) in [7, 11) is 0. The van der Waals surface area contributed by atoms with Crippen LogP contribution in [0.3, 0.4) is 0 Å². The molecule has 0 aliphatic rings. The minimum Gasteiger partial charge on any atom is -0.459 e. The second-order valence-electron chi connectivity index (χ2n) is 11.1. The third-order valence-corrected chi connectivity index (χ3v) is 7.46. The summed E-state index contributed by atoms with van der Waals surface area (Å²) in [6, 6.07) is 14.9. The van der Waals surface area contributed by atoms with Crippen LogP contribution in [0.5, 0.6) is 0 Å². The van der Waals surface area contributed by atoms with E-state index in [0.29, 0.717) is 22.3 Å². The van der Waals surface area contributed by atoms with Gasteiger partial charge in [-0.2, -0.15) is 0 Å². The molecular formula is C36H44F2O4. The molecule has 0 saturated heterocycles. The highest BCUT2D eigenvalue weighted by Crippen LogP contribution is 2.31. The molecule has 0 aliphatic carbocycles. The van der Waals surface area contributed by atoms with Gasteiger partial charge in [0.15, 0.2) is 0 Å². The summed E-state index contributed by atoms with van der Waals surface area (Å²) in [6.45, 7) is 8.07. The number of carbonyl (C=O) groups is 2. The van der Waals surface area contributed by atoms with Crippen molar-refractivity contribution in [1.82, 2.24) is 0 Å². The lowest BCUT2D eigenvalue weighted by Gasteiger charge is -2.14. The van der Waals surface area contributed by atoms with E-state index in [9.17, 15) is 9.59 Å². The number of hydrogen-bond acceptors (Lipinski definition) is 4. The minimum atomic E-state index is -0.595. The second-order valence-corrected chi connectivity index (χ2v) is 11.1. The van der Waals surface area contributed by atoms with Crippen LogP contribution in [0.25, 0.3) is 22.3 Å². The number of benzene rings is 3. The van der Waals surface area contributed by atoms with Gasteiger partial charge in [0.05, 0.1) is 23.3 Å². The van der Waals surface area contributed by atoms with Crippen LogP contribution >= 0.6 is 0 Å². The lowest BCUT2D eigenvalue weighted by Crippen LogP contribution is -2.15. The molecule has 0 N–H and O–H groups in total. The summed E-state index contributed by atoms with van der Waals surface area (Å²) in [5.74, 6) is -2.05. The normalized spacial score (nSPS) is 12.5. The van der Waals surface area contributed by atoms with Crippen LogP contribution in [0.2, 0.25) is 0 Å². The maximum Gasteiger partial charge on any atom is 0.338 e. The summed E-state index contributed by atoms with van der Waals surface area (Å²) < 4.78 is 41.4. The standard InChI is InChI=1S/C36H44F2O4/c1-5-7-9-11-13-25(3)41-35(39)29-19-15-27(16-20-29)31-23-34(38)32(24-33(31)37)28-17-21-30(22-18-28)36(40)42-26(4)14-12-10-8-6-2/h15-26H,5-14H2,1-4H3/t25-,26-/m0/s1. The minimum absolute atomic E-state index is 0.0913. The monoisotopic (exact) mass is 578 g/mol. The van der Waals surface area contributed by atoms with Crippen molar-refractivity contribution in [1.29, 1.82) is 0 Å². The van der Waals surface area contributed by atoms with Crippen LogP contribution in [-0.2, 0) is 9.47 Å². The Morgan fingerprint density at radius 2 is 0.952 bits per heavy atom. The first-order valence-electron chi connectivity index (χ1n) is 15.3. The van der Waals surface area contributed by atoms with Gasteiger partial charge in [-0.25, -0.2) is 18.4 Å². The molecule has 42 heavy (non-hydrogen) atoms. The van der Waals surface area contributed by atoms with Crippen LogP contribution < -0.4 is 0 Å². The Labute approximate surface area is 249 Å². The second kappa shape index (κ2) is 16.8. The Balaban J connectivity index is 1.63. The SMILES string of the molecule is CCCCCC[C@H](C)OC(=O)c1ccc(-c2cc(F)c(-c3ccc(C(=O)O[C@@H](C)CCCCCC)cc3)cc2F)cc1. The van der Waals surface area contributed by atoms with Crippen LogP contribution in [0.15, 0.2) is 60.7 Å². The van der Waals surface area contributed by atoms with E-state index in [1.165, 1.54) is 12.8 Å². The van der Waals surface area contributed by atoms with E-state index in [0.717, 1.165) is 63.5 Å². The van der Waals surface area contributed by atoms with Crippen molar-refractivity contribution in [3.05, 3.63) is 83.4 Å². The van der Waals surface area contributed by atoms with Gasteiger partial charge < -0.3 is 9.47 Å². The molecule has 0 saturated carbocycles. The third-order valence-electron chi connectivity index (χ3n) is 7.46. The average molecular weight is 579 g/mol. The maximum atomic E-state index is 15.2. The van der Waals surface area contributed by atoms with Crippen molar-refractivity contribution >= 4 is 11.9 Å². The van der Waals surface area contributed by atoms with Crippen LogP contribution in [0, 0.1) is 11.6 Å². The fourth-order valence-corrected chi connectivity index (χ4v) is 4.90. The molecule has 0 unspecified atom stereocenters. The van der Waals surface area contributed by atoms with Crippen molar-refractivity contribution in [2.75, 3.05) is 0 Å². The molecule has 226 valence electrons. The quantitative estimate of drug-likeness (QED) is 0.125. The van der Waals surface area contributed by atoms with Gasteiger partial charge in [0.2, 0.25) is 0 Å². The summed E-state index contributed by atoms with van der Waals surface area (Å²) >= 11 is 0. The number of esters is 2. The van der Waals surface area contributed by atoms with Gasteiger partial charge in [0.25, 0.3) is 0 Å². The van der Waals surface area contributed by atoms with Crippen molar-refractivity contribution < 1.29 is 27.8 Å². The number of hydrogen-bond donors (Lipinski definition) is 0. The summed E-state index contributed by atoms with van der Waals surface area (Å²) in [6.07, 6.45) is 10.2. The Morgan fingerprint density at radius 3 is 1.29 bits per heavy atom. The number of ether oxygens (including phenoxy) is 2. The molecule has 4 nitrogen and oxygen atoms in total. The average Bonchev–Trinajstić information content (AvgIpc) is 2.98. The Morgan fingerprint density at radius 1 is 0.595 bits per heavy atom. The molecular weight excluding hydrogens is 534 g/mol. The number of rotatable bonds is 16. The fraction of sp³-hybridized carbons (Fsp3) is 0.444. The molecule has 0 aromatic heterocycles. The molecule has 0 fully saturated rings. The van der Waals surface area contributed by atoms with Gasteiger partial charge in [-0.15, -0.1) is 0 Å². The van der Waals surface area contributed by atoms with Crippen molar-refractivity contribution in [2.45, 2.75) is 104 Å². The molecule has 0 bridgehead atoms. The lowest BCUT2D eigenvalue weighted by molar-refractivity contribution is 0.0309. The first-order valence-corrected chi connectivity index (χ1v) is 15.3. The van der Waals surface area contributed by atoms with Crippen LogP contribution in [0.1, 0.15) is 113 Å². The van der Waals surface area contributed by atoms with E-state index < -0.39 is 23.6 Å². The molecule has 0 aliphatic heterocycles. The number of halogens is 2. The van der Waals surface area contributed by atoms with Gasteiger partial charge in [-0.05, 0) is 87.1 Å². The maximum absolute atomic E-state index is 15.2. The highest BCUT2D eigenvalue weighted by Gasteiger charge is 2.17. The van der Waals surface area contributed by atoms with E-state index >= 15 is 8.78 Å². The molecule has 0 amide bonds. The van der Waals surface area contributed by atoms with E-state index in [1.54, 1.807) is 48.5 Å². The third kappa shape index (κ3) is 9.78. The predicted octanol–water partition coefficient (Wildman–Crippen LogP) is 10.3. The summed E-state index contributed by atoms with van der Waals surface area (Å²) in [5, 5.41) is 0. The zero-order valence-corrected chi connectivity index (χ0v) is 25.4. The van der Waals surface area contributed by atoms with E-state index in [4.69, 9.17) is 9.47 Å². The van der Waals surface area contributed by atoms with Gasteiger partial charge >= 0.3 is 11.9 Å². The summed E-state index contributed by atoms with van der Waals surface area (Å²) in [4.78, 5) is 25.0. The van der Waals surface area contributed by atoms with Crippen molar-refractivity contribution in [3.63, 3.8) is 0 Å². The zero-order valence-electron chi connectivity index (χ0n) is 25.4. The number of unbranched alkanes of at least 4 members (excludes halogenated alkanes) is 6. The molecule has 3 aromatic rings. The highest BCUT2D eigenvalue weighted by molar-refractivity contribution is 5.91. The molecule has 3 rings (SSSR count). The van der Waals surface area contributed by atoms with E-state index in [2.05, 4.69) is 13.8 Å². The molecule has 3 aromatic carbocycles. The van der Waals surface area contributed by atoms with Crippen LogP contribution in [0.4, 0.5) is 8.78 Å². The Bertz CT molecular complexity index is 1180. The highest BCUT2D eigenvalue weighted by atomic mass is 19.1. The topological polar surface area (TPSA) is 52.6 Å². The largest absolute Gasteiger partial charge is 0.459 e. The van der Waals surface area contributed by atoms with Gasteiger partial charge in [-0.3, -0.25) is 0 Å². The van der Waals surface area contributed by atoms with E-state index in [1.807, 2.05) is 13.8 Å². The van der Waals surface area contributed by atoms with Gasteiger partial charge in [0.1, 0.15) is 11.6 Å². The van der Waals surface area contributed by atoms with Gasteiger partial charge in [-0.1, -0.05) is 76.6 Å². The Hall–Kier alpha value is -3.54. The molecule has 0 heterocycles. The molecule has 2 atom stereocenters. The smallest absolute Gasteiger partial charge is 0.338 e. The Kier molecular flexibility index (Phi) is 13.2. The molecule has 6 heteroatoms. The zero-order chi connectivity index (χ0) is 30.5. The van der Waals surface area contributed by atoms with Crippen molar-refractivity contribution in [3.8, 4) is 22.3 Å². The summed E-state index contributed by atoms with van der Waals surface area (Å²) in [5.41, 5.74) is 1.80. The van der Waals surface area contributed by atoms with Crippen LogP contribution in [-0.4, -0.2) is 24.1 Å². The molecule has 0 spiro atoms. The fourth-order valence-electron chi connectivity index (χ4n) is 4.90. The lowest BCUT2D eigenvalue weighted by atomic mass is 9.97. The predicted molar refractivity (Wildman–Crippen MR) is 165 cm³/mol. The van der Waals surface area contributed by atoms with Crippen molar-refractivity contribution in [2.24, 2.45) is 0 Å². The first-order chi connectivity index (χ1) is 20.2. The van der Waals surface area contributed by atoms with E-state index in [-0.39, 0.29) is 23.3 Å². The molecule has 0 radical (unpaired) electrons. The van der Waals surface area contributed by atoms with Gasteiger partial charge in [0, 0.05) is 11.1 Å². The number of carbonyl (C=O) groups excluding carboxylic acids is 2.